The number of hydrogen-bond acceptors (Lipinski definition) is 4. The van der Waals surface area contributed by atoms with E-state index in [4.69, 9.17) is 9.47 Å². The first-order valence-corrected chi connectivity index (χ1v) is 10.9. The zero-order valence-electron chi connectivity index (χ0n) is 17.5. The van der Waals surface area contributed by atoms with Gasteiger partial charge in [0.15, 0.2) is 11.5 Å². The molecule has 4 nitrogen and oxygen atoms in total. The molecule has 160 valence electrons. The molecule has 0 amide bonds. The first kappa shape index (κ1) is 21.7. The van der Waals surface area contributed by atoms with Crippen LogP contribution < -0.4 is 9.47 Å². The molecule has 0 heterocycles. The molecule has 0 fully saturated rings. The highest BCUT2D eigenvalue weighted by atomic mass is 79.9. The molecule has 0 aliphatic heterocycles. The first-order chi connectivity index (χ1) is 15.6. The molecule has 4 aromatic rings. The summed E-state index contributed by atoms with van der Waals surface area (Å²) in [5.74, 6) is 1.31. The molecule has 32 heavy (non-hydrogen) atoms. The van der Waals surface area contributed by atoms with Crippen LogP contribution in [0.4, 0.5) is 5.69 Å². The van der Waals surface area contributed by atoms with Gasteiger partial charge in [-0.1, -0.05) is 54.6 Å². The second kappa shape index (κ2) is 10.2. The fourth-order valence-corrected chi connectivity index (χ4v) is 3.66. The third-order valence-corrected chi connectivity index (χ3v) is 5.54. The van der Waals surface area contributed by atoms with Gasteiger partial charge in [-0.25, -0.2) is 0 Å². The maximum atomic E-state index is 9.92. The van der Waals surface area contributed by atoms with Gasteiger partial charge in [-0.05, 0) is 74.6 Å². The van der Waals surface area contributed by atoms with E-state index in [9.17, 15) is 5.11 Å². The van der Waals surface area contributed by atoms with Crippen molar-refractivity contribution >= 4 is 27.8 Å². The number of aromatic hydroxyl groups is 1. The molecule has 0 spiro atoms. The van der Waals surface area contributed by atoms with Crippen molar-refractivity contribution in [1.29, 1.82) is 0 Å². The highest BCUT2D eigenvalue weighted by Crippen LogP contribution is 2.35. The van der Waals surface area contributed by atoms with Crippen LogP contribution in [0.2, 0.25) is 0 Å². The zero-order valence-corrected chi connectivity index (χ0v) is 19.1. The average Bonchev–Trinajstić information content (AvgIpc) is 2.84. The summed E-state index contributed by atoms with van der Waals surface area (Å²) in [5.41, 5.74) is 5.01. The SMILES string of the molecule is COc1cc(C=Nc2ccc(-c3ccc(OCc4ccccc4)cc3)cc2)cc(Br)c1O. The second-order valence-corrected chi connectivity index (χ2v) is 8.01. The van der Waals surface area contributed by atoms with Crippen molar-refractivity contribution < 1.29 is 14.6 Å². The summed E-state index contributed by atoms with van der Waals surface area (Å²) in [6.07, 6.45) is 1.74. The van der Waals surface area contributed by atoms with Crippen LogP contribution >= 0.6 is 15.9 Å². The van der Waals surface area contributed by atoms with E-state index in [0.29, 0.717) is 16.8 Å². The predicted molar refractivity (Wildman–Crippen MR) is 132 cm³/mol. The quantitative estimate of drug-likeness (QED) is 0.281. The Morgan fingerprint density at radius 2 is 1.53 bits per heavy atom. The normalized spacial score (nSPS) is 10.9. The van der Waals surface area contributed by atoms with E-state index in [1.165, 1.54) is 7.11 Å². The van der Waals surface area contributed by atoms with Crippen LogP contribution in [0.5, 0.6) is 17.2 Å². The fourth-order valence-electron chi connectivity index (χ4n) is 3.20. The Labute approximate surface area is 195 Å². The lowest BCUT2D eigenvalue weighted by atomic mass is 10.1. The number of hydrogen-bond donors (Lipinski definition) is 1. The molecule has 0 saturated carbocycles. The fraction of sp³-hybridized carbons (Fsp3) is 0.0741. The highest BCUT2D eigenvalue weighted by Gasteiger charge is 2.07. The van der Waals surface area contributed by atoms with Crippen LogP contribution in [0.3, 0.4) is 0 Å². The minimum absolute atomic E-state index is 0.0745. The van der Waals surface area contributed by atoms with Gasteiger partial charge >= 0.3 is 0 Å². The molecule has 0 unspecified atom stereocenters. The van der Waals surface area contributed by atoms with Gasteiger partial charge in [-0.15, -0.1) is 0 Å². The van der Waals surface area contributed by atoms with E-state index in [-0.39, 0.29) is 5.75 Å². The van der Waals surface area contributed by atoms with Gasteiger partial charge in [-0.3, -0.25) is 4.99 Å². The van der Waals surface area contributed by atoms with E-state index in [0.717, 1.165) is 33.7 Å². The monoisotopic (exact) mass is 487 g/mol. The van der Waals surface area contributed by atoms with Gasteiger partial charge in [0.05, 0.1) is 17.3 Å². The third-order valence-electron chi connectivity index (χ3n) is 4.94. The van der Waals surface area contributed by atoms with Crippen LogP contribution in [0.15, 0.2) is 100 Å². The molecule has 5 heteroatoms. The van der Waals surface area contributed by atoms with Crippen molar-refractivity contribution in [3.63, 3.8) is 0 Å². The van der Waals surface area contributed by atoms with Crippen molar-refractivity contribution in [3.8, 4) is 28.4 Å². The number of phenols is 1. The van der Waals surface area contributed by atoms with Crippen LogP contribution in [0.1, 0.15) is 11.1 Å². The van der Waals surface area contributed by atoms with Gasteiger partial charge in [0.25, 0.3) is 0 Å². The molecular weight excluding hydrogens is 466 g/mol. The highest BCUT2D eigenvalue weighted by molar-refractivity contribution is 9.10. The Bertz CT molecular complexity index is 1200. The number of halogens is 1. The molecule has 0 atom stereocenters. The Hall–Kier alpha value is -3.57. The predicted octanol–water partition coefficient (Wildman–Crippen LogP) is 7.16. The number of methoxy groups -OCH3 is 1. The molecule has 0 aromatic heterocycles. The standard InChI is InChI=1S/C27H22BrNO3/c1-31-26-16-20(15-25(28)27(26)30)17-29-23-11-7-21(8-12-23)22-9-13-24(14-10-22)32-18-19-5-3-2-4-6-19/h2-17,30H,18H2,1H3. The summed E-state index contributed by atoms with van der Waals surface area (Å²) < 4.78 is 11.6. The average molecular weight is 488 g/mol. The Morgan fingerprint density at radius 3 is 2.19 bits per heavy atom. The number of benzene rings is 4. The van der Waals surface area contributed by atoms with Crippen molar-refractivity contribution in [2.45, 2.75) is 6.61 Å². The van der Waals surface area contributed by atoms with Gasteiger partial charge < -0.3 is 14.6 Å². The van der Waals surface area contributed by atoms with Gasteiger partial charge in [-0.2, -0.15) is 0 Å². The van der Waals surface area contributed by atoms with Crippen molar-refractivity contribution in [2.24, 2.45) is 4.99 Å². The molecule has 0 aliphatic carbocycles. The molecule has 4 aromatic carbocycles. The maximum absolute atomic E-state index is 9.92. The van der Waals surface area contributed by atoms with Gasteiger partial charge in [0.2, 0.25) is 0 Å². The molecule has 1 N–H and O–H groups in total. The zero-order chi connectivity index (χ0) is 22.3. The van der Waals surface area contributed by atoms with Crippen molar-refractivity contribution in [2.75, 3.05) is 7.11 Å². The number of phenolic OH excluding ortho intramolecular Hbond substituents is 1. The van der Waals surface area contributed by atoms with Gasteiger partial charge in [0.1, 0.15) is 12.4 Å². The minimum atomic E-state index is 0.0745. The minimum Gasteiger partial charge on any atom is -0.503 e. The molecule has 0 aliphatic rings. The smallest absolute Gasteiger partial charge is 0.172 e. The van der Waals surface area contributed by atoms with Crippen LogP contribution in [0.25, 0.3) is 11.1 Å². The number of ether oxygens (including phenoxy) is 2. The van der Waals surface area contributed by atoms with Crippen LogP contribution in [0, 0.1) is 0 Å². The summed E-state index contributed by atoms with van der Waals surface area (Å²) >= 11 is 3.33. The van der Waals surface area contributed by atoms with Gasteiger partial charge in [0, 0.05) is 6.21 Å². The van der Waals surface area contributed by atoms with E-state index in [2.05, 4.69) is 45.2 Å². The number of rotatable bonds is 7. The first-order valence-electron chi connectivity index (χ1n) is 10.1. The lowest BCUT2D eigenvalue weighted by molar-refractivity contribution is 0.306. The van der Waals surface area contributed by atoms with E-state index in [1.54, 1.807) is 18.3 Å². The van der Waals surface area contributed by atoms with Crippen LogP contribution in [-0.4, -0.2) is 18.4 Å². The molecule has 0 radical (unpaired) electrons. The van der Waals surface area contributed by atoms with E-state index in [1.807, 2.05) is 54.6 Å². The lowest BCUT2D eigenvalue weighted by Gasteiger charge is -2.08. The van der Waals surface area contributed by atoms with Crippen molar-refractivity contribution in [3.05, 3.63) is 107 Å². The molecular formula is C27H22BrNO3. The number of aliphatic imine (C=N–C) groups is 1. The molecule has 4 rings (SSSR count). The van der Waals surface area contributed by atoms with E-state index < -0.39 is 0 Å². The second-order valence-electron chi connectivity index (χ2n) is 7.16. The third kappa shape index (κ3) is 5.37. The van der Waals surface area contributed by atoms with E-state index >= 15 is 0 Å². The summed E-state index contributed by atoms with van der Waals surface area (Å²) in [6.45, 7) is 0.552. The Morgan fingerprint density at radius 1 is 0.875 bits per heavy atom. The van der Waals surface area contributed by atoms with Crippen molar-refractivity contribution in [1.82, 2.24) is 0 Å². The molecule has 0 bridgehead atoms. The maximum Gasteiger partial charge on any atom is 0.172 e. The largest absolute Gasteiger partial charge is 0.503 e. The summed E-state index contributed by atoms with van der Waals surface area (Å²) in [4.78, 5) is 4.52. The van der Waals surface area contributed by atoms with Crippen LogP contribution in [-0.2, 0) is 6.61 Å². The Kier molecular flexibility index (Phi) is 6.87. The topological polar surface area (TPSA) is 51.0 Å². The summed E-state index contributed by atoms with van der Waals surface area (Å²) in [7, 11) is 1.52. The summed E-state index contributed by atoms with van der Waals surface area (Å²) in [5, 5.41) is 9.92. The lowest BCUT2D eigenvalue weighted by Crippen LogP contribution is -1.94. The Balaban J connectivity index is 1.41. The number of nitrogens with zero attached hydrogens (tertiary/aromatic N) is 1. The molecule has 0 saturated heterocycles. The summed E-state index contributed by atoms with van der Waals surface area (Å²) in [6, 6.07) is 29.8.